The number of nitrogens with two attached hydrogens (primary N) is 1. The Balaban J connectivity index is 2.33. The summed E-state index contributed by atoms with van der Waals surface area (Å²) in [7, 11) is 0. The molecule has 2 aromatic rings. The molecule has 1 aromatic carbocycles. The first-order chi connectivity index (χ1) is 6.79. The molecule has 1 aromatic heterocycles. The third-order valence-corrected chi connectivity index (χ3v) is 2.05. The number of nitrogen functional groups attached to an aromatic ring is 1. The van der Waals surface area contributed by atoms with Gasteiger partial charge in [-0.3, -0.25) is 0 Å². The molecule has 0 unspecified atom stereocenters. The van der Waals surface area contributed by atoms with E-state index < -0.39 is 0 Å². The Kier molecular flexibility index (Phi) is 2.18. The van der Waals surface area contributed by atoms with E-state index in [1.807, 2.05) is 24.3 Å². The molecule has 2 N–H and O–H groups in total. The molecule has 14 heavy (non-hydrogen) atoms. The number of hydrogen-bond donors (Lipinski definition) is 1. The van der Waals surface area contributed by atoms with Crippen molar-refractivity contribution < 1.29 is 4.52 Å². The maximum atomic E-state index is 5.36. The van der Waals surface area contributed by atoms with Gasteiger partial charge in [0.05, 0.1) is 0 Å². The summed E-state index contributed by atoms with van der Waals surface area (Å²) < 4.78 is 4.94. The molecule has 0 amide bonds. The van der Waals surface area contributed by atoms with Crippen LogP contribution in [0.25, 0.3) is 11.5 Å². The van der Waals surface area contributed by atoms with Crippen molar-refractivity contribution in [1.29, 1.82) is 0 Å². The van der Waals surface area contributed by atoms with Crippen LogP contribution in [-0.4, -0.2) is 10.1 Å². The van der Waals surface area contributed by atoms with E-state index in [2.05, 4.69) is 17.1 Å². The summed E-state index contributed by atoms with van der Waals surface area (Å²) in [6, 6.07) is 7.98. The van der Waals surface area contributed by atoms with Crippen molar-refractivity contribution in [3.63, 3.8) is 0 Å². The molecular weight excluding hydrogens is 178 g/mol. The van der Waals surface area contributed by atoms with Gasteiger partial charge in [-0.2, -0.15) is 4.98 Å². The van der Waals surface area contributed by atoms with Crippen molar-refractivity contribution in [2.75, 3.05) is 5.73 Å². The Hall–Kier alpha value is -1.84. The lowest BCUT2D eigenvalue weighted by Gasteiger charge is -1.96. The van der Waals surface area contributed by atoms with Gasteiger partial charge in [0, 0.05) is 5.56 Å². The Morgan fingerprint density at radius 3 is 2.50 bits per heavy atom. The second-order valence-corrected chi connectivity index (χ2v) is 3.01. The van der Waals surface area contributed by atoms with E-state index in [0.717, 1.165) is 12.0 Å². The molecule has 0 aliphatic rings. The first-order valence-corrected chi connectivity index (χ1v) is 4.48. The third kappa shape index (κ3) is 1.59. The van der Waals surface area contributed by atoms with E-state index in [1.54, 1.807) is 0 Å². The Labute approximate surface area is 81.7 Å². The van der Waals surface area contributed by atoms with Gasteiger partial charge in [-0.05, 0) is 29.3 Å². The minimum absolute atomic E-state index is 0.166. The molecule has 0 aliphatic heterocycles. The van der Waals surface area contributed by atoms with Crippen LogP contribution < -0.4 is 5.73 Å². The van der Waals surface area contributed by atoms with Gasteiger partial charge in [0.1, 0.15) is 0 Å². The number of anilines is 1. The molecule has 4 nitrogen and oxygen atoms in total. The highest BCUT2D eigenvalue weighted by molar-refractivity contribution is 5.54. The summed E-state index contributed by atoms with van der Waals surface area (Å²) in [5.74, 6) is 0.629. The SMILES string of the molecule is CCc1ccc(-c2nc(N)no2)cc1. The van der Waals surface area contributed by atoms with Crippen LogP contribution in [0.2, 0.25) is 0 Å². The van der Waals surface area contributed by atoms with Crippen LogP contribution >= 0.6 is 0 Å². The number of nitrogens with zero attached hydrogens (tertiary/aromatic N) is 2. The van der Waals surface area contributed by atoms with Crippen LogP contribution in [0.3, 0.4) is 0 Å². The monoisotopic (exact) mass is 189 g/mol. The number of rotatable bonds is 2. The molecule has 0 atom stereocenters. The molecule has 72 valence electrons. The van der Waals surface area contributed by atoms with Crippen molar-refractivity contribution >= 4 is 5.95 Å². The van der Waals surface area contributed by atoms with E-state index in [0.29, 0.717) is 5.89 Å². The summed E-state index contributed by atoms with van der Waals surface area (Å²) >= 11 is 0. The Bertz CT molecular complexity index is 419. The van der Waals surface area contributed by atoms with Gasteiger partial charge in [0.2, 0.25) is 0 Å². The van der Waals surface area contributed by atoms with E-state index >= 15 is 0 Å². The van der Waals surface area contributed by atoms with Crippen molar-refractivity contribution in [3.05, 3.63) is 29.8 Å². The zero-order valence-corrected chi connectivity index (χ0v) is 7.90. The molecule has 0 spiro atoms. The average Bonchev–Trinajstić information content (AvgIpc) is 2.65. The van der Waals surface area contributed by atoms with Gasteiger partial charge >= 0.3 is 0 Å². The number of aromatic nitrogens is 2. The second kappa shape index (κ2) is 3.49. The molecule has 1 heterocycles. The quantitative estimate of drug-likeness (QED) is 0.783. The predicted molar refractivity (Wildman–Crippen MR) is 53.5 cm³/mol. The fraction of sp³-hybridized carbons (Fsp3) is 0.200. The standard InChI is InChI=1S/C10H11N3O/c1-2-7-3-5-8(6-4-7)9-12-10(11)13-14-9/h3-6H,2H2,1H3,(H2,11,13). The molecule has 0 fully saturated rings. The molecule has 0 saturated carbocycles. The Morgan fingerprint density at radius 1 is 1.29 bits per heavy atom. The fourth-order valence-corrected chi connectivity index (χ4v) is 1.24. The number of hydrogen-bond acceptors (Lipinski definition) is 4. The zero-order chi connectivity index (χ0) is 9.97. The van der Waals surface area contributed by atoms with Gasteiger partial charge in [0.25, 0.3) is 11.8 Å². The van der Waals surface area contributed by atoms with E-state index in [4.69, 9.17) is 10.3 Å². The smallest absolute Gasteiger partial charge is 0.261 e. The maximum Gasteiger partial charge on any atom is 0.261 e. The third-order valence-electron chi connectivity index (χ3n) is 2.05. The maximum absolute atomic E-state index is 5.36. The summed E-state index contributed by atoms with van der Waals surface area (Å²) in [6.45, 7) is 2.11. The van der Waals surface area contributed by atoms with Crippen molar-refractivity contribution in [3.8, 4) is 11.5 Å². The number of benzene rings is 1. The molecule has 0 saturated heterocycles. The van der Waals surface area contributed by atoms with Gasteiger partial charge in [-0.1, -0.05) is 19.1 Å². The largest absolute Gasteiger partial charge is 0.365 e. The van der Waals surface area contributed by atoms with E-state index in [-0.39, 0.29) is 5.95 Å². The molecule has 4 heteroatoms. The topological polar surface area (TPSA) is 64.9 Å². The molecule has 0 aliphatic carbocycles. The highest BCUT2D eigenvalue weighted by atomic mass is 16.5. The first-order valence-electron chi connectivity index (χ1n) is 4.48. The van der Waals surface area contributed by atoms with Crippen LogP contribution in [0, 0.1) is 0 Å². The highest BCUT2D eigenvalue weighted by Gasteiger charge is 2.05. The molecular formula is C10H11N3O. The lowest BCUT2D eigenvalue weighted by Crippen LogP contribution is -1.86. The van der Waals surface area contributed by atoms with Crippen molar-refractivity contribution in [2.45, 2.75) is 13.3 Å². The lowest BCUT2D eigenvalue weighted by atomic mass is 10.1. The minimum atomic E-state index is 0.166. The number of aryl methyl sites for hydroxylation is 1. The fourth-order valence-electron chi connectivity index (χ4n) is 1.24. The van der Waals surface area contributed by atoms with Crippen molar-refractivity contribution in [2.24, 2.45) is 0 Å². The van der Waals surface area contributed by atoms with Gasteiger partial charge in [0.15, 0.2) is 0 Å². The summed E-state index contributed by atoms with van der Waals surface area (Å²) in [5.41, 5.74) is 7.53. The highest BCUT2D eigenvalue weighted by Crippen LogP contribution is 2.18. The summed E-state index contributed by atoms with van der Waals surface area (Å²) in [6.07, 6.45) is 1.02. The van der Waals surface area contributed by atoms with Gasteiger partial charge in [-0.25, -0.2) is 0 Å². The van der Waals surface area contributed by atoms with Gasteiger partial charge < -0.3 is 10.3 Å². The van der Waals surface area contributed by atoms with Crippen LogP contribution in [-0.2, 0) is 6.42 Å². The first kappa shape index (κ1) is 8.74. The molecule has 2 rings (SSSR count). The second-order valence-electron chi connectivity index (χ2n) is 3.01. The lowest BCUT2D eigenvalue weighted by molar-refractivity contribution is 0.433. The summed E-state index contributed by atoms with van der Waals surface area (Å²) in [5, 5.41) is 3.53. The molecule has 0 bridgehead atoms. The van der Waals surface area contributed by atoms with Crippen LogP contribution in [0.4, 0.5) is 5.95 Å². The normalized spacial score (nSPS) is 10.4. The van der Waals surface area contributed by atoms with Crippen LogP contribution in [0.5, 0.6) is 0 Å². The minimum Gasteiger partial charge on any atom is -0.365 e. The zero-order valence-electron chi connectivity index (χ0n) is 7.90. The Morgan fingerprint density at radius 2 is 2.00 bits per heavy atom. The van der Waals surface area contributed by atoms with Gasteiger partial charge in [-0.15, -0.1) is 0 Å². The van der Waals surface area contributed by atoms with E-state index in [9.17, 15) is 0 Å². The van der Waals surface area contributed by atoms with Crippen molar-refractivity contribution in [1.82, 2.24) is 10.1 Å². The molecule has 0 radical (unpaired) electrons. The van der Waals surface area contributed by atoms with Crippen LogP contribution in [0.1, 0.15) is 12.5 Å². The average molecular weight is 189 g/mol. The van der Waals surface area contributed by atoms with E-state index in [1.165, 1.54) is 5.56 Å². The predicted octanol–water partition coefficient (Wildman–Crippen LogP) is 1.88. The van der Waals surface area contributed by atoms with Crippen LogP contribution in [0.15, 0.2) is 28.8 Å². The summed E-state index contributed by atoms with van der Waals surface area (Å²) in [4.78, 5) is 3.94.